The molecule has 1 aliphatic heterocycles. The summed E-state index contributed by atoms with van der Waals surface area (Å²) >= 11 is 0. The zero-order valence-corrected chi connectivity index (χ0v) is 18.7. The molecule has 1 amide bonds. The number of hydrogen-bond acceptors (Lipinski definition) is 1. The van der Waals surface area contributed by atoms with Crippen molar-refractivity contribution < 1.29 is 9.18 Å². The molecule has 3 heterocycles. The topological polar surface area (TPSA) is 38.4 Å². The van der Waals surface area contributed by atoms with Crippen molar-refractivity contribution in [2.24, 2.45) is 0 Å². The van der Waals surface area contributed by atoms with E-state index in [-0.39, 0.29) is 11.7 Å². The molecule has 5 aromatic rings. The van der Waals surface area contributed by atoms with Gasteiger partial charge in [0.05, 0.1) is 5.69 Å². The van der Waals surface area contributed by atoms with E-state index < -0.39 is 0 Å². The molecule has 0 aliphatic carbocycles. The van der Waals surface area contributed by atoms with Crippen molar-refractivity contribution >= 4 is 17.2 Å². The van der Waals surface area contributed by atoms with Crippen molar-refractivity contribution in [2.75, 3.05) is 5.32 Å². The number of aromatic nitrogens is 2. The van der Waals surface area contributed by atoms with Gasteiger partial charge in [-0.25, -0.2) is 4.39 Å². The molecule has 2 aromatic heterocycles. The number of anilines is 1. The van der Waals surface area contributed by atoms with E-state index in [1.165, 1.54) is 12.1 Å². The standard InChI is InChI=1S/C29H24FN3O/c30-22-16-14-21(15-17-22)26-24-13-7-8-18-32-25(20-9-3-1-4-10-20)19-33(29(24)32)27(26)28(34)31-23-11-5-2-6-12-23/h1-6,9-12,14-17,19H,7-8,13,18H2,(H,31,34). The number of imidazole rings is 1. The Morgan fingerprint density at radius 3 is 2.26 bits per heavy atom. The van der Waals surface area contributed by atoms with Gasteiger partial charge in [0, 0.05) is 29.6 Å². The van der Waals surface area contributed by atoms with Crippen molar-refractivity contribution in [2.45, 2.75) is 25.8 Å². The first kappa shape index (κ1) is 20.5. The maximum absolute atomic E-state index is 13.8. The van der Waals surface area contributed by atoms with Crippen LogP contribution in [0.15, 0.2) is 91.1 Å². The molecule has 0 unspecified atom stereocenters. The molecule has 1 aliphatic rings. The third-order valence-corrected chi connectivity index (χ3v) is 6.58. The van der Waals surface area contributed by atoms with Crippen LogP contribution in [0.5, 0.6) is 0 Å². The van der Waals surface area contributed by atoms with Crippen molar-refractivity contribution in [3.8, 4) is 22.4 Å². The lowest BCUT2D eigenvalue weighted by Gasteiger charge is -2.10. The first-order chi connectivity index (χ1) is 16.7. The number of carbonyl (C=O) groups is 1. The SMILES string of the molecule is O=C(Nc1ccccc1)c1c(-c2ccc(F)cc2)c2c3n(c(-c4ccccc4)cn13)CCCC2. The van der Waals surface area contributed by atoms with Crippen molar-refractivity contribution in [1.29, 1.82) is 0 Å². The first-order valence-electron chi connectivity index (χ1n) is 11.6. The van der Waals surface area contributed by atoms with Crippen LogP contribution in [0.25, 0.3) is 28.0 Å². The number of benzene rings is 3. The van der Waals surface area contributed by atoms with E-state index >= 15 is 0 Å². The van der Waals surface area contributed by atoms with Crippen LogP contribution in [-0.4, -0.2) is 14.9 Å². The summed E-state index contributed by atoms with van der Waals surface area (Å²) in [7, 11) is 0. The highest BCUT2D eigenvalue weighted by atomic mass is 19.1. The molecule has 0 saturated carbocycles. The average molecular weight is 450 g/mol. The van der Waals surface area contributed by atoms with Gasteiger partial charge in [-0.15, -0.1) is 0 Å². The van der Waals surface area contributed by atoms with E-state index in [1.807, 2.05) is 52.9 Å². The van der Waals surface area contributed by atoms with Gasteiger partial charge >= 0.3 is 0 Å². The van der Waals surface area contributed by atoms with Crippen molar-refractivity contribution in [1.82, 2.24) is 8.97 Å². The van der Waals surface area contributed by atoms with Crippen LogP contribution in [0, 0.1) is 5.82 Å². The Hall–Kier alpha value is -4.12. The molecule has 168 valence electrons. The van der Waals surface area contributed by atoms with Gasteiger partial charge in [0.25, 0.3) is 5.91 Å². The number of carbonyl (C=O) groups excluding carboxylic acids is 1. The van der Waals surface area contributed by atoms with E-state index in [2.05, 4.69) is 28.2 Å². The molecule has 0 spiro atoms. The Bertz CT molecular complexity index is 1480. The third-order valence-electron chi connectivity index (χ3n) is 6.58. The van der Waals surface area contributed by atoms with Gasteiger partial charge in [-0.3, -0.25) is 9.20 Å². The summed E-state index contributed by atoms with van der Waals surface area (Å²) in [6.07, 6.45) is 5.04. The summed E-state index contributed by atoms with van der Waals surface area (Å²) in [4.78, 5) is 13.8. The zero-order valence-electron chi connectivity index (χ0n) is 18.7. The van der Waals surface area contributed by atoms with Crippen LogP contribution in [0.3, 0.4) is 0 Å². The molecule has 4 nitrogen and oxygen atoms in total. The van der Waals surface area contributed by atoms with Crippen LogP contribution in [0.1, 0.15) is 28.9 Å². The molecule has 3 aromatic carbocycles. The van der Waals surface area contributed by atoms with Gasteiger partial charge in [0.15, 0.2) is 0 Å². The summed E-state index contributed by atoms with van der Waals surface area (Å²) in [5, 5.41) is 3.07. The Morgan fingerprint density at radius 2 is 1.53 bits per heavy atom. The van der Waals surface area contributed by atoms with Gasteiger partial charge in [-0.2, -0.15) is 0 Å². The molecule has 0 fully saturated rings. The molecule has 5 heteroatoms. The molecule has 34 heavy (non-hydrogen) atoms. The van der Waals surface area contributed by atoms with Crippen LogP contribution in [-0.2, 0) is 13.0 Å². The molecule has 0 radical (unpaired) electrons. The highest BCUT2D eigenvalue weighted by Crippen LogP contribution is 2.39. The minimum Gasteiger partial charge on any atom is -0.325 e. The van der Waals surface area contributed by atoms with Crippen LogP contribution in [0.4, 0.5) is 10.1 Å². The number of halogens is 1. The second-order valence-electron chi connectivity index (χ2n) is 8.71. The summed E-state index contributed by atoms with van der Waals surface area (Å²) in [6, 6.07) is 26.2. The molecule has 1 N–H and O–H groups in total. The molecule has 6 rings (SSSR count). The van der Waals surface area contributed by atoms with E-state index in [0.717, 1.165) is 65.1 Å². The molecular formula is C29H24FN3O. The van der Waals surface area contributed by atoms with Gasteiger partial charge in [-0.05, 0) is 54.7 Å². The van der Waals surface area contributed by atoms with Gasteiger partial charge in [0.2, 0.25) is 0 Å². The number of amides is 1. The number of rotatable bonds is 4. The fraction of sp³-hybridized carbons (Fsp3) is 0.138. The summed E-state index contributed by atoms with van der Waals surface area (Å²) < 4.78 is 18.1. The zero-order chi connectivity index (χ0) is 23.1. The maximum Gasteiger partial charge on any atom is 0.273 e. The Labute approximate surface area is 197 Å². The largest absolute Gasteiger partial charge is 0.325 e. The Balaban J connectivity index is 1.62. The van der Waals surface area contributed by atoms with Crippen LogP contribution >= 0.6 is 0 Å². The minimum absolute atomic E-state index is 0.177. The second-order valence-corrected chi connectivity index (χ2v) is 8.71. The van der Waals surface area contributed by atoms with E-state index in [4.69, 9.17) is 0 Å². The minimum atomic E-state index is -0.287. The van der Waals surface area contributed by atoms with E-state index in [9.17, 15) is 9.18 Å². The molecule has 0 saturated heterocycles. The fourth-order valence-corrected chi connectivity index (χ4v) is 5.09. The second kappa shape index (κ2) is 8.34. The van der Waals surface area contributed by atoms with Gasteiger partial charge in [0.1, 0.15) is 17.2 Å². The van der Waals surface area contributed by atoms with Gasteiger partial charge in [-0.1, -0.05) is 60.7 Å². The number of nitrogens with one attached hydrogen (secondary N) is 1. The van der Waals surface area contributed by atoms with Crippen molar-refractivity contribution in [3.63, 3.8) is 0 Å². The quantitative estimate of drug-likeness (QED) is 0.322. The monoisotopic (exact) mass is 449 g/mol. The Morgan fingerprint density at radius 1 is 0.824 bits per heavy atom. The predicted molar refractivity (Wildman–Crippen MR) is 134 cm³/mol. The first-order valence-corrected chi connectivity index (χ1v) is 11.6. The Kier molecular flexibility index (Phi) is 5.02. The van der Waals surface area contributed by atoms with E-state index in [1.54, 1.807) is 12.1 Å². The normalized spacial score (nSPS) is 13.1. The number of para-hydroxylation sites is 1. The lowest BCUT2D eigenvalue weighted by molar-refractivity contribution is 0.102. The highest BCUT2D eigenvalue weighted by Gasteiger charge is 2.29. The van der Waals surface area contributed by atoms with Crippen molar-refractivity contribution in [3.05, 3.63) is 108 Å². The van der Waals surface area contributed by atoms with Gasteiger partial charge < -0.3 is 9.88 Å². The fourth-order valence-electron chi connectivity index (χ4n) is 5.09. The van der Waals surface area contributed by atoms with Crippen LogP contribution < -0.4 is 5.32 Å². The molecule has 0 atom stereocenters. The van der Waals surface area contributed by atoms with Crippen LogP contribution in [0.2, 0.25) is 0 Å². The summed E-state index contributed by atoms with van der Waals surface area (Å²) in [6.45, 7) is 0.889. The van der Waals surface area contributed by atoms with E-state index in [0.29, 0.717) is 5.69 Å². The summed E-state index contributed by atoms with van der Waals surface area (Å²) in [5.41, 5.74) is 7.47. The lowest BCUT2D eigenvalue weighted by atomic mass is 9.97. The average Bonchev–Trinajstić information content (AvgIpc) is 3.29. The smallest absolute Gasteiger partial charge is 0.273 e. The maximum atomic E-state index is 13.8. The summed E-state index contributed by atoms with van der Waals surface area (Å²) in [5.74, 6) is -0.464. The lowest BCUT2D eigenvalue weighted by Crippen LogP contribution is -2.15. The molecular weight excluding hydrogens is 425 g/mol. The molecule has 0 bridgehead atoms. The third kappa shape index (κ3) is 3.41. The predicted octanol–water partition coefficient (Wildman–Crippen LogP) is 6.80. The highest BCUT2D eigenvalue weighted by molar-refractivity contribution is 6.10. The number of hydrogen-bond donors (Lipinski definition) is 1. The number of nitrogens with zero attached hydrogens (tertiary/aromatic N) is 2. The number of aryl methyl sites for hydroxylation is 2.